The van der Waals surface area contributed by atoms with Crippen LogP contribution in [0.5, 0.6) is 0 Å². The number of urea groups is 1. The van der Waals surface area contributed by atoms with Crippen LogP contribution in [0.4, 0.5) is 10.5 Å². The van der Waals surface area contributed by atoms with Crippen LogP contribution in [0.2, 0.25) is 0 Å². The Bertz CT molecular complexity index is 505. The van der Waals surface area contributed by atoms with Gasteiger partial charge < -0.3 is 15.0 Å². The molecule has 0 bridgehead atoms. The summed E-state index contributed by atoms with van der Waals surface area (Å²) in [4.78, 5) is 24.7. The van der Waals surface area contributed by atoms with Crippen molar-refractivity contribution in [2.24, 2.45) is 0 Å². The van der Waals surface area contributed by atoms with E-state index >= 15 is 0 Å². The standard InChI is InChI=1S/C14H17N3O3/c1-3-17(10-13(18)20-4-2)14(19)16-12-7-5-11(9-15)6-8-12/h5-8H,3-4,10H2,1-2H3,(H,16,19). The maximum atomic E-state index is 12.0. The van der Waals surface area contributed by atoms with E-state index in [2.05, 4.69) is 5.32 Å². The number of benzene rings is 1. The third-order valence-electron chi connectivity index (χ3n) is 2.56. The predicted octanol–water partition coefficient (Wildman–Crippen LogP) is 1.98. The summed E-state index contributed by atoms with van der Waals surface area (Å²) >= 11 is 0. The zero-order valence-electron chi connectivity index (χ0n) is 11.5. The van der Waals surface area contributed by atoms with Crippen LogP contribution in [-0.4, -0.2) is 36.6 Å². The summed E-state index contributed by atoms with van der Waals surface area (Å²) in [6.07, 6.45) is 0. The summed E-state index contributed by atoms with van der Waals surface area (Å²) in [7, 11) is 0. The Morgan fingerprint density at radius 2 is 1.95 bits per heavy atom. The maximum Gasteiger partial charge on any atom is 0.325 e. The first kappa shape index (κ1) is 15.5. The second kappa shape index (κ2) is 7.79. The lowest BCUT2D eigenvalue weighted by Crippen LogP contribution is -2.39. The number of ether oxygens (including phenoxy) is 1. The van der Waals surface area contributed by atoms with Gasteiger partial charge in [0.15, 0.2) is 0 Å². The van der Waals surface area contributed by atoms with E-state index in [1.807, 2.05) is 6.07 Å². The Morgan fingerprint density at radius 1 is 1.30 bits per heavy atom. The van der Waals surface area contributed by atoms with Gasteiger partial charge in [0.25, 0.3) is 0 Å². The Kier molecular flexibility index (Phi) is 6.04. The molecule has 0 aromatic heterocycles. The van der Waals surface area contributed by atoms with Gasteiger partial charge in [0.05, 0.1) is 18.2 Å². The van der Waals surface area contributed by atoms with Crippen molar-refractivity contribution in [3.63, 3.8) is 0 Å². The highest BCUT2D eigenvalue weighted by Crippen LogP contribution is 2.09. The number of rotatable bonds is 5. The quantitative estimate of drug-likeness (QED) is 0.833. The molecule has 0 saturated heterocycles. The highest BCUT2D eigenvalue weighted by molar-refractivity contribution is 5.91. The van der Waals surface area contributed by atoms with Crippen LogP contribution in [0.25, 0.3) is 0 Å². The van der Waals surface area contributed by atoms with Gasteiger partial charge in [-0.1, -0.05) is 0 Å². The molecule has 0 unspecified atom stereocenters. The van der Waals surface area contributed by atoms with Crippen molar-refractivity contribution < 1.29 is 14.3 Å². The number of hydrogen-bond acceptors (Lipinski definition) is 4. The van der Waals surface area contributed by atoms with E-state index in [4.69, 9.17) is 10.00 Å². The first-order valence-corrected chi connectivity index (χ1v) is 6.32. The molecule has 2 amide bonds. The lowest BCUT2D eigenvalue weighted by molar-refractivity contribution is -0.143. The fourth-order valence-electron chi connectivity index (χ4n) is 1.52. The van der Waals surface area contributed by atoms with Crippen molar-refractivity contribution in [2.75, 3.05) is 25.0 Å². The SMILES string of the molecule is CCOC(=O)CN(CC)C(=O)Nc1ccc(C#N)cc1. The Labute approximate surface area is 117 Å². The summed E-state index contributed by atoms with van der Waals surface area (Å²) in [5, 5.41) is 11.4. The number of nitrogens with one attached hydrogen (secondary N) is 1. The minimum Gasteiger partial charge on any atom is -0.465 e. The van der Waals surface area contributed by atoms with Gasteiger partial charge in [-0.2, -0.15) is 5.26 Å². The lowest BCUT2D eigenvalue weighted by Gasteiger charge is -2.20. The maximum absolute atomic E-state index is 12.0. The van der Waals surface area contributed by atoms with Gasteiger partial charge in [0.2, 0.25) is 0 Å². The topological polar surface area (TPSA) is 82.4 Å². The van der Waals surface area contributed by atoms with Gasteiger partial charge >= 0.3 is 12.0 Å². The van der Waals surface area contributed by atoms with Crippen molar-refractivity contribution in [1.29, 1.82) is 5.26 Å². The largest absolute Gasteiger partial charge is 0.465 e. The number of amides is 2. The van der Waals surface area contributed by atoms with Gasteiger partial charge in [-0.3, -0.25) is 4.79 Å². The highest BCUT2D eigenvalue weighted by atomic mass is 16.5. The van der Waals surface area contributed by atoms with Gasteiger partial charge in [-0.25, -0.2) is 4.79 Å². The van der Waals surface area contributed by atoms with E-state index in [-0.39, 0.29) is 19.2 Å². The third kappa shape index (κ3) is 4.61. The molecule has 106 valence electrons. The predicted molar refractivity (Wildman–Crippen MR) is 74.1 cm³/mol. The van der Waals surface area contributed by atoms with Crippen molar-refractivity contribution in [3.8, 4) is 6.07 Å². The minimum absolute atomic E-state index is 0.0908. The molecule has 20 heavy (non-hydrogen) atoms. The molecule has 0 aliphatic rings. The molecule has 0 aliphatic carbocycles. The fraction of sp³-hybridized carbons (Fsp3) is 0.357. The Morgan fingerprint density at radius 3 is 2.45 bits per heavy atom. The molecule has 1 aromatic carbocycles. The molecular weight excluding hydrogens is 258 g/mol. The van der Waals surface area contributed by atoms with E-state index in [1.54, 1.807) is 38.1 Å². The van der Waals surface area contributed by atoms with Gasteiger partial charge in [-0.15, -0.1) is 0 Å². The smallest absolute Gasteiger partial charge is 0.325 e. The van der Waals surface area contributed by atoms with Crippen LogP contribution >= 0.6 is 0 Å². The lowest BCUT2D eigenvalue weighted by atomic mass is 10.2. The summed E-state index contributed by atoms with van der Waals surface area (Å²) in [6, 6.07) is 8.10. The third-order valence-corrected chi connectivity index (χ3v) is 2.56. The molecule has 6 nitrogen and oxygen atoms in total. The molecule has 0 spiro atoms. The summed E-state index contributed by atoms with van der Waals surface area (Å²) in [5.41, 5.74) is 1.08. The first-order chi connectivity index (χ1) is 9.60. The van der Waals surface area contributed by atoms with E-state index < -0.39 is 5.97 Å². The normalized spacial score (nSPS) is 9.45. The van der Waals surface area contributed by atoms with Crippen molar-refractivity contribution >= 4 is 17.7 Å². The monoisotopic (exact) mass is 275 g/mol. The van der Waals surface area contributed by atoms with Crippen molar-refractivity contribution in [2.45, 2.75) is 13.8 Å². The average molecular weight is 275 g/mol. The molecule has 1 aromatic rings. The number of hydrogen-bond donors (Lipinski definition) is 1. The number of carbonyl (C=O) groups excluding carboxylic acids is 2. The van der Waals surface area contributed by atoms with Crippen LogP contribution in [0.1, 0.15) is 19.4 Å². The van der Waals surface area contributed by atoms with Crippen LogP contribution in [0.15, 0.2) is 24.3 Å². The molecule has 1 N–H and O–H groups in total. The summed E-state index contributed by atoms with van der Waals surface area (Å²) < 4.78 is 4.81. The molecule has 6 heteroatoms. The number of anilines is 1. The minimum atomic E-state index is -0.440. The first-order valence-electron chi connectivity index (χ1n) is 6.32. The van der Waals surface area contributed by atoms with Crippen molar-refractivity contribution in [1.82, 2.24) is 4.90 Å². The average Bonchev–Trinajstić information content (AvgIpc) is 2.45. The number of nitriles is 1. The zero-order chi connectivity index (χ0) is 15.0. The zero-order valence-corrected chi connectivity index (χ0v) is 11.5. The Hall–Kier alpha value is -2.55. The molecule has 0 atom stereocenters. The van der Waals surface area contributed by atoms with Crippen LogP contribution in [-0.2, 0) is 9.53 Å². The van der Waals surface area contributed by atoms with Gasteiger partial charge in [-0.05, 0) is 38.1 Å². The number of esters is 1. The second-order valence-electron chi connectivity index (χ2n) is 3.94. The molecule has 0 aliphatic heterocycles. The van der Waals surface area contributed by atoms with E-state index in [0.717, 1.165) is 0 Å². The number of likely N-dealkylation sites (N-methyl/N-ethyl adjacent to an activating group) is 1. The molecular formula is C14H17N3O3. The number of nitrogens with zero attached hydrogens (tertiary/aromatic N) is 2. The molecule has 0 heterocycles. The van der Waals surface area contributed by atoms with Crippen LogP contribution in [0, 0.1) is 11.3 Å². The summed E-state index contributed by atoms with van der Waals surface area (Å²) in [5.74, 6) is -0.440. The van der Waals surface area contributed by atoms with E-state index in [9.17, 15) is 9.59 Å². The van der Waals surface area contributed by atoms with Gasteiger partial charge in [0.1, 0.15) is 6.54 Å². The molecule has 0 saturated carbocycles. The second-order valence-corrected chi connectivity index (χ2v) is 3.94. The van der Waals surface area contributed by atoms with Crippen LogP contribution in [0.3, 0.4) is 0 Å². The Balaban J connectivity index is 2.62. The fourth-order valence-corrected chi connectivity index (χ4v) is 1.52. The highest BCUT2D eigenvalue weighted by Gasteiger charge is 2.16. The molecule has 0 radical (unpaired) electrons. The summed E-state index contributed by atoms with van der Waals surface area (Å²) in [6.45, 7) is 4.07. The molecule has 0 fully saturated rings. The van der Waals surface area contributed by atoms with Crippen LogP contribution < -0.4 is 5.32 Å². The van der Waals surface area contributed by atoms with E-state index in [0.29, 0.717) is 17.8 Å². The molecule has 1 rings (SSSR count). The van der Waals surface area contributed by atoms with E-state index in [1.165, 1.54) is 4.90 Å². The number of carbonyl (C=O) groups is 2. The van der Waals surface area contributed by atoms with Gasteiger partial charge in [0, 0.05) is 12.2 Å². The van der Waals surface area contributed by atoms with Crippen molar-refractivity contribution in [3.05, 3.63) is 29.8 Å².